The Morgan fingerprint density at radius 1 is 1.31 bits per heavy atom. The monoisotopic (exact) mass is 416 g/mol. The minimum Gasteiger partial charge on any atom is -0.426 e. The van der Waals surface area contributed by atoms with Gasteiger partial charge in [-0.15, -0.1) is 11.5 Å². The molecule has 1 amide bonds. The predicted molar refractivity (Wildman–Crippen MR) is 111 cm³/mol. The number of esters is 1. The predicted octanol–water partition coefficient (Wildman–Crippen LogP) is 3.68. The molecule has 0 aliphatic rings. The van der Waals surface area contributed by atoms with E-state index in [4.69, 9.17) is 9.94 Å². The highest BCUT2D eigenvalue weighted by atomic mass is 33.1. The van der Waals surface area contributed by atoms with Crippen LogP contribution < -0.4 is 14.9 Å². The van der Waals surface area contributed by atoms with E-state index in [1.165, 1.54) is 0 Å². The second-order valence-corrected chi connectivity index (χ2v) is 9.87. The van der Waals surface area contributed by atoms with Crippen molar-refractivity contribution in [3.63, 3.8) is 0 Å². The van der Waals surface area contributed by atoms with Crippen LogP contribution in [0.3, 0.4) is 0 Å². The SMILES string of the molecule is C=CCSSCCC(=O)Oc1ccccc1C(=O)NCC(C)(C)SNO. The lowest BCUT2D eigenvalue weighted by Gasteiger charge is -2.22. The van der Waals surface area contributed by atoms with Crippen LogP contribution in [0.1, 0.15) is 30.6 Å². The third-order valence-electron chi connectivity index (χ3n) is 3.01. The minimum absolute atomic E-state index is 0.240. The molecule has 0 unspecified atom stereocenters. The number of para-hydroxylation sites is 1. The van der Waals surface area contributed by atoms with Crippen LogP contribution in [0.25, 0.3) is 0 Å². The van der Waals surface area contributed by atoms with Crippen LogP contribution in [0.4, 0.5) is 0 Å². The van der Waals surface area contributed by atoms with Crippen molar-refractivity contribution in [1.29, 1.82) is 0 Å². The Morgan fingerprint density at radius 2 is 2.04 bits per heavy atom. The maximum Gasteiger partial charge on any atom is 0.312 e. The third kappa shape index (κ3) is 9.00. The Balaban J connectivity index is 2.59. The number of hydrogen-bond acceptors (Lipinski definition) is 8. The number of rotatable bonds is 12. The molecule has 0 bridgehead atoms. The molecule has 144 valence electrons. The van der Waals surface area contributed by atoms with Gasteiger partial charge in [-0.2, -0.15) is 0 Å². The van der Waals surface area contributed by atoms with Crippen LogP contribution in [-0.4, -0.2) is 39.9 Å². The van der Waals surface area contributed by atoms with Crippen molar-refractivity contribution in [2.75, 3.05) is 18.1 Å². The van der Waals surface area contributed by atoms with Crippen LogP contribution in [-0.2, 0) is 4.79 Å². The molecule has 0 aromatic heterocycles. The molecule has 0 saturated carbocycles. The molecule has 3 N–H and O–H groups in total. The first-order valence-electron chi connectivity index (χ1n) is 7.90. The Morgan fingerprint density at radius 3 is 2.73 bits per heavy atom. The smallest absolute Gasteiger partial charge is 0.312 e. The molecule has 0 fully saturated rings. The molecule has 0 saturated heterocycles. The van der Waals surface area contributed by atoms with Gasteiger partial charge in [0.2, 0.25) is 0 Å². The molecule has 1 aromatic rings. The van der Waals surface area contributed by atoms with Gasteiger partial charge in [0.25, 0.3) is 5.91 Å². The van der Waals surface area contributed by atoms with Gasteiger partial charge in [0.15, 0.2) is 0 Å². The average molecular weight is 417 g/mol. The molecule has 0 heterocycles. The Labute approximate surface area is 166 Å². The molecule has 9 heteroatoms. The Kier molecular flexibility index (Phi) is 10.8. The fourth-order valence-corrected chi connectivity index (χ4v) is 3.88. The summed E-state index contributed by atoms with van der Waals surface area (Å²) in [4.78, 5) is 26.4. The normalized spacial score (nSPS) is 11.0. The maximum absolute atomic E-state index is 12.4. The van der Waals surface area contributed by atoms with Crippen LogP contribution in [0, 0.1) is 0 Å². The molecule has 6 nitrogen and oxygen atoms in total. The minimum atomic E-state index is -0.406. The number of carbonyl (C=O) groups is 2. The van der Waals surface area contributed by atoms with Crippen molar-refractivity contribution in [2.45, 2.75) is 25.0 Å². The van der Waals surface area contributed by atoms with Gasteiger partial charge in [-0.1, -0.05) is 39.8 Å². The fourth-order valence-electron chi connectivity index (χ4n) is 1.75. The molecular formula is C17H24N2O4S3. The van der Waals surface area contributed by atoms with Crippen LogP contribution in [0.5, 0.6) is 5.75 Å². The van der Waals surface area contributed by atoms with Crippen molar-refractivity contribution >= 4 is 45.4 Å². The van der Waals surface area contributed by atoms with Crippen molar-refractivity contribution in [2.24, 2.45) is 0 Å². The molecular weight excluding hydrogens is 392 g/mol. The van der Waals surface area contributed by atoms with Gasteiger partial charge in [0.1, 0.15) is 5.75 Å². The van der Waals surface area contributed by atoms with Crippen molar-refractivity contribution < 1.29 is 19.5 Å². The number of nitrogens with one attached hydrogen (secondary N) is 2. The molecule has 0 aliphatic carbocycles. The van der Waals surface area contributed by atoms with E-state index in [0.717, 1.165) is 17.7 Å². The standard InChI is InChI=1S/C17H24N2O4S3/c1-4-10-24-25-11-9-15(20)23-14-8-6-5-7-13(14)16(21)18-12-17(2,3)26-19-22/h4-8,19,22H,1,9-12H2,2-3H3,(H,18,21). The number of carbonyl (C=O) groups excluding carboxylic acids is 2. The first kappa shape index (κ1) is 22.9. The lowest BCUT2D eigenvalue weighted by molar-refractivity contribution is -0.133. The number of benzene rings is 1. The first-order chi connectivity index (χ1) is 12.4. The molecule has 1 aromatic carbocycles. The zero-order valence-electron chi connectivity index (χ0n) is 14.8. The van der Waals surface area contributed by atoms with Crippen molar-refractivity contribution in [3.8, 4) is 5.75 Å². The van der Waals surface area contributed by atoms with Crippen LogP contribution in [0.15, 0.2) is 36.9 Å². The molecule has 0 atom stereocenters. The van der Waals surface area contributed by atoms with E-state index < -0.39 is 4.75 Å². The summed E-state index contributed by atoms with van der Waals surface area (Å²) in [5, 5.41) is 11.6. The van der Waals surface area contributed by atoms with E-state index >= 15 is 0 Å². The van der Waals surface area contributed by atoms with Crippen molar-refractivity contribution in [3.05, 3.63) is 42.5 Å². The second-order valence-electron chi connectivity index (χ2n) is 5.75. The number of hydrogen-bond donors (Lipinski definition) is 3. The van der Waals surface area contributed by atoms with Crippen LogP contribution in [0.2, 0.25) is 0 Å². The van der Waals surface area contributed by atoms with E-state index in [9.17, 15) is 9.59 Å². The van der Waals surface area contributed by atoms with E-state index in [-0.39, 0.29) is 24.0 Å². The molecule has 26 heavy (non-hydrogen) atoms. The molecule has 1 rings (SSSR count). The lowest BCUT2D eigenvalue weighted by Crippen LogP contribution is -2.37. The van der Waals surface area contributed by atoms with Gasteiger partial charge in [-0.25, -0.2) is 0 Å². The summed E-state index contributed by atoms with van der Waals surface area (Å²) in [6, 6.07) is 6.63. The second kappa shape index (κ2) is 12.3. The summed E-state index contributed by atoms with van der Waals surface area (Å²) in [5.41, 5.74) is 0.298. The fraction of sp³-hybridized carbons (Fsp3) is 0.412. The third-order valence-corrected chi connectivity index (χ3v) is 6.12. The van der Waals surface area contributed by atoms with Gasteiger partial charge < -0.3 is 15.3 Å². The van der Waals surface area contributed by atoms with Gasteiger partial charge in [0, 0.05) is 22.8 Å². The van der Waals surface area contributed by atoms with Crippen LogP contribution >= 0.6 is 33.5 Å². The summed E-state index contributed by atoms with van der Waals surface area (Å²) in [5.74, 6) is 0.978. The zero-order valence-corrected chi connectivity index (χ0v) is 17.3. The maximum atomic E-state index is 12.4. The number of amides is 1. The van der Waals surface area contributed by atoms with E-state index in [2.05, 4.69) is 11.9 Å². The average Bonchev–Trinajstić information content (AvgIpc) is 2.60. The Hall–Kier alpha value is -1.13. The van der Waals surface area contributed by atoms with Gasteiger partial charge in [-0.05, 0) is 37.9 Å². The summed E-state index contributed by atoms with van der Waals surface area (Å²) in [6.07, 6.45) is 2.07. The topological polar surface area (TPSA) is 87.7 Å². The first-order valence-corrected chi connectivity index (χ1v) is 11.2. The van der Waals surface area contributed by atoms with E-state index in [1.807, 2.05) is 18.7 Å². The van der Waals surface area contributed by atoms with Crippen molar-refractivity contribution in [1.82, 2.24) is 10.2 Å². The van der Waals surface area contributed by atoms with E-state index in [1.54, 1.807) is 51.9 Å². The summed E-state index contributed by atoms with van der Waals surface area (Å²) < 4.78 is 4.95. The number of ether oxygens (including phenoxy) is 1. The largest absolute Gasteiger partial charge is 0.426 e. The quantitative estimate of drug-likeness (QED) is 0.0904. The highest BCUT2D eigenvalue weighted by molar-refractivity contribution is 8.76. The molecule has 0 aliphatic heterocycles. The lowest BCUT2D eigenvalue weighted by atomic mass is 10.1. The van der Waals surface area contributed by atoms with Gasteiger partial charge >= 0.3 is 5.97 Å². The Bertz CT molecular complexity index is 611. The van der Waals surface area contributed by atoms with E-state index in [0.29, 0.717) is 17.9 Å². The molecule has 0 radical (unpaired) electrons. The summed E-state index contributed by atoms with van der Waals surface area (Å²) >= 11 is 1.10. The summed E-state index contributed by atoms with van der Waals surface area (Å²) in [7, 11) is 3.20. The molecule has 0 spiro atoms. The van der Waals surface area contributed by atoms with Gasteiger partial charge in [0.05, 0.1) is 12.0 Å². The van der Waals surface area contributed by atoms with Gasteiger partial charge in [-0.3, -0.25) is 9.59 Å². The highest BCUT2D eigenvalue weighted by Crippen LogP contribution is 2.24. The zero-order chi connectivity index (χ0) is 19.4. The highest BCUT2D eigenvalue weighted by Gasteiger charge is 2.21. The summed E-state index contributed by atoms with van der Waals surface area (Å²) in [6.45, 7) is 7.70.